The molecule has 2 rings (SSSR count). The first-order valence-electron chi connectivity index (χ1n) is 9.06. The molecule has 0 bridgehead atoms. The highest BCUT2D eigenvalue weighted by molar-refractivity contribution is 6.43. The average Bonchev–Trinajstić information content (AvgIpc) is 2.48. The van der Waals surface area contributed by atoms with Crippen LogP contribution >= 0.6 is 0 Å². The highest BCUT2D eigenvalue weighted by Gasteiger charge is 2.34. The van der Waals surface area contributed by atoms with E-state index in [0.29, 0.717) is 0 Å². The molecule has 116 valence electrons. The van der Waals surface area contributed by atoms with Gasteiger partial charge in [0, 0.05) is 0 Å². The van der Waals surface area contributed by atoms with Crippen molar-refractivity contribution in [3.63, 3.8) is 0 Å². The molecule has 2 saturated carbocycles. The predicted octanol–water partition coefficient (Wildman–Crippen LogP) is 4.41. The van der Waals surface area contributed by atoms with Crippen LogP contribution in [-0.4, -0.2) is 17.2 Å². The monoisotopic (exact) mass is 280 g/mol. The van der Waals surface area contributed by atoms with Gasteiger partial charge >= 0.3 is 7.12 Å². The minimum atomic E-state index is -1.08. The lowest BCUT2D eigenvalue weighted by atomic mass is 9.60. The van der Waals surface area contributed by atoms with Crippen LogP contribution in [0.5, 0.6) is 0 Å². The molecule has 0 radical (unpaired) electrons. The van der Waals surface area contributed by atoms with Crippen molar-refractivity contribution in [2.75, 3.05) is 0 Å². The van der Waals surface area contributed by atoms with Crippen LogP contribution in [-0.2, 0) is 0 Å². The first kappa shape index (κ1) is 16.4. The number of unbranched alkanes of at least 4 members (excludes halogenated alkanes) is 2. The third kappa shape index (κ3) is 4.77. The summed E-state index contributed by atoms with van der Waals surface area (Å²) in [4.78, 5) is 0. The zero-order valence-corrected chi connectivity index (χ0v) is 13.3. The molecule has 0 aromatic carbocycles. The van der Waals surface area contributed by atoms with E-state index >= 15 is 0 Å². The largest absolute Gasteiger partial charge is 0.454 e. The topological polar surface area (TPSA) is 40.5 Å². The van der Waals surface area contributed by atoms with Crippen molar-refractivity contribution in [1.29, 1.82) is 0 Å². The average molecular weight is 280 g/mol. The van der Waals surface area contributed by atoms with E-state index in [1.807, 2.05) is 0 Å². The van der Waals surface area contributed by atoms with E-state index in [1.54, 1.807) is 0 Å². The maximum Gasteiger partial charge on any atom is 0.454 e. The van der Waals surface area contributed by atoms with Gasteiger partial charge in [-0.05, 0) is 36.4 Å². The SMILES string of the molecule is CCCCCC1CCC(C2CCC(B(O)O)CC2)CC1. The van der Waals surface area contributed by atoms with E-state index in [-0.39, 0.29) is 5.82 Å². The quantitative estimate of drug-likeness (QED) is 0.559. The minimum absolute atomic E-state index is 0.150. The van der Waals surface area contributed by atoms with Crippen LogP contribution in [0.3, 0.4) is 0 Å². The van der Waals surface area contributed by atoms with Crippen molar-refractivity contribution < 1.29 is 10.0 Å². The van der Waals surface area contributed by atoms with Gasteiger partial charge in [-0.2, -0.15) is 0 Å². The Bertz CT molecular complexity index is 254. The summed E-state index contributed by atoms with van der Waals surface area (Å²) in [6.45, 7) is 2.29. The summed E-state index contributed by atoms with van der Waals surface area (Å²) in [5, 5.41) is 18.5. The fourth-order valence-corrected chi connectivity index (χ4v) is 4.55. The van der Waals surface area contributed by atoms with Crippen LogP contribution < -0.4 is 0 Å². The molecule has 0 saturated heterocycles. The molecular weight excluding hydrogens is 247 g/mol. The first-order chi connectivity index (χ1) is 9.70. The van der Waals surface area contributed by atoms with Crippen molar-refractivity contribution in [1.82, 2.24) is 0 Å². The summed E-state index contributed by atoms with van der Waals surface area (Å²) < 4.78 is 0. The van der Waals surface area contributed by atoms with Gasteiger partial charge in [-0.3, -0.25) is 0 Å². The molecule has 0 unspecified atom stereocenters. The summed E-state index contributed by atoms with van der Waals surface area (Å²) in [6.07, 6.45) is 16.0. The van der Waals surface area contributed by atoms with Gasteiger partial charge in [0.2, 0.25) is 0 Å². The van der Waals surface area contributed by atoms with E-state index in [1.165, 1.54) is 64.2 Å². The van der Waals surface area contributed by atoms with Crippen molar-refractivity contribution in [3.8, 4) is 0 Å². The number of hydrogen-bond donors (Lipinski definition) is 2. The Kier molecular flexibility index (Phi) is 6.90. The van der Waals surface area contributed by atoms with Crippen molar-refractivity contribution in [2.45, 2.75) is 89.8 Å². The smallest absolute Gasteiger partial charge is 0.427 e. The van der Waals surface area contributed by atoms with E-state index in [4.69, 9.17) is 0 Å². The molecule has 2 nitrogen and oxygen atoms in total. The molecule has 0 atom stereocenters. The van der Waals surface area contributed by atoms with E-state index < -0.39 is 7.12 Å². The van der Waals surface area contributed by atoms with Gasteiger partial charge in [-0.15, -0.1) is 0 Å². The second-order valence-corrected chi connectivity index (χ2v) is 7.37. The second-order valence-electron chi connectivity index (χ2n) is 7.37. The first-order valence-corrected chi connectivity index (χ1v) is 9.06. The van der Waals surface area contributed by atoms with Crippen LogP contribution in [0.2, 0.25) is 5.82 Å². The standard InChI is InChI=1S/C17H33BO2/c1-2-3-4-5-14-6-8-15(9-7-14)16-10-12-17(13-11-16)18(19)20/h14-17,19-20H,2-13H2,1H3. The molecule has 2 aliphatic rings. The van der Waals surface area contributed by atoms with Crippen LogP contribution in [0.1, 0.15) is 84.0 Å². The maximum absolute atomic E-state index is 9.27. The van der Waals surface area contributed by atoms with Gasteiger partial charge in [0.25, 0.3) is 0 Å². The highest BCUT2D eigenvalue weighted by Crippen LogP contribution is 2.43. The molecular formula is C17H33BO2. The minimum Gasteiger partial charge on any atom is -0.427 e. The lowest BCUT2D eigenvalue weighted by Crippen LogP contribution is -2.29. The van der Waals surface area contributed by atoms with Crippen molar-refractivity contribution in [3.05, 3.63) is 0 Å². The van der Waals surface area contributed by atoms with Crippen LogP contribution in [0.4, 0.5) is 0 Å². The highest BCUT2D eigenvalue weighted by atomic mass is 16.4. The molecule has 0 aliphatic heterocycles. The Hall–Kier alpha value is -0.0151. The molecule has 0 spiro atoms. The Morgan fingerprint density at radius 2 is 1.35 bits per heavy atom. The molecule has 2 N–H and O–H groups in total. The molecule has 20 heavy (non-hydrogen) atoms. The molecule has 0 heterocycles. The molecule has 0 amide bonds. The second kappa shape index (κ2) is 8.43. The van der Waals surface area contributed by atoms with Gasteiger partial charge in [0.05, 0.1) is 0 Å². The van der Waals surface area contributed by atoms with Gasteiger partial charge in [-0.1, -0.05) is 71.1 Å². The summed E-state index contributed by atoms with van der Waals surface area (Å²) in [6, 6.07) is 0. The Morgan fingerprint density at radius 3 is 1.85 bits per heavy atom. The summed E-state index contributed by atoms with van der Waals surface area (Å²) in [5.74, 6) is 2.97. The predicted molar refractivity (Wildman–Crippen MR) is 85.5 cm³/mol. The van der Waals surface area contributed by atoms with E-state index in [0.717, 1.165) is 30.6 Å². The molecule has 2 fully saturated rings. The molecule has 3 heteroatoms. The van der Waals surface area contributed by atoms with Gasteiger partial charge in [0.1, 0.15) is 0 Å². The summed E-state index contributed by atoms with van der Waals surface area (Å²) in [7, 11) is -1.08. The Balaban J connectivity index is 1.64. The van der Waals surface area contributed by atoms with Crippen molar-refractivity contribution >= 4 is 7.12 Å². The lowest BCUT2D eigenvalue weighted by molar-refractivity contribution is 0.158. The fraction of sp³-hybridized carbons (Fsp3) is 1.00. The number of hydrogen-bond acceptors (Lipinski definition) is 2. The molecule has 0 aromatic rings. The summed E-state index contributed by atoms with van der Waals surface area (Å²) in [5.41, 5.74) is 0. The Labute approximate surface area is 125 Å². The summed E-state index contributed by atoms with van der Waals surface area (Å²) >= 11 is 0. The zero-order valence-electron chi connectivity index (χ0n) is 13.3. The van der Waals surface area contributed by atoms with Gasteiger partial charge < -0.3 is 10.0 Å². The fourth-order valence-electron chi connectivity index (χ4n) is 4.55. The molecule has 0 aromatic heterocycles. The maximum atomic E-state index is 9.27. The lowest BCUT2D eigenvalue weighted by Gasteiger charge is -2.37. The zero-order chi connectivity index (χ0) is 14.4. The number of rotatable bonds is 6. The normalized spacial score (nSPS) is 35.0. The third-order valence-electron chi connectivity index (χ3n) is 6.01. The van der Waals surface area contributed by atoms with Crippen LogP contribution in [0.15, 0.2) is 0 Å². The van der Waals surface area contributed by atoms with Crippen LogP contribution in [0, 0.1) is 17.8 Å². The van der Waals surface area contributed by atoms with Gasteiger partial charge in [0.15, 0.2) is 0 Å². The van der Waals surface area contributed by atoms with Gasteiger partial charge in [-0.25, -0.2) is 0 Å². The van der Waals surface area contributed by atoms with Crippen molar-refractivity contribution in [2.24, 2.45) is 17.8 Å². The Morgan fingerprint density at radius 1 is 0.800 bits per heavy atom. The van der Waals surface area contributed by atoms with Crippen LogP contribution in [0.25, 0.3) is 0 Å². The molecule has 2 aliphatic carbocycles. The van der Waals surface area contributed by atoms with E-state index in [9.17, 15) is 10.0 Å². The van der Waals surface area contributed by atoms with E-state index in [2.05, 4.69) is 6.92 Å². The third-order valence-corrected chi connectivity index (χ3v) is 6.01.